The predicted molar refractivity (Wildman–Crippen MR) is 48.7 cm³/mol. The second kappa shape index (κ2) is 3.11. The van der Waals surface area contributed by atoms with Crippen molar-refractivity contribution < 1.29 is 0 Å². The lowest BCUT2D eigenvalue weighted by atomic mass is 9.89. The zero-order valence-corrected chi connectivity index (χ0v) is 8.07. The first-order valence-electron chi connectivity index (χ1n) is 4.51. The van der Waals surface area contributed by atoms with E-state index in [9.17, 15) is 0 Å². The van der Waals surface area contributed by atoms with Gasteiger partial charge in [-0.15, -0.1) is 0 Å². The van der Waals surface area contributed by atoms with Gasteiger partial charge in [-0.2, -0.15) is 0 Å². The van der Waals surface area contributed by atoms with Crippen LogP contribution < -0.4 is 10.6 Å². The highest BCUT2D eigenvalue weighted by atomic mass is 15.1. The molecule has 2 heteroatoms. The van der Waals surface area contributed by atoms with E-state index < -0.39 is 0 Å². The van der Waals surface area contributed by atoms with Crippen LogP contribution in [0.3, 0.4) is 0 Å². The lowest BCUT2D eigenvalue weighted by Crippen LogP contribution is -2.62. The maximum Gasteiger partial charge on any atom is 0.0322 e. The molecule has 0 radical (unpaired) electrons. The van der Waals surface area contributed by atoms with Crippen molar-refractivity contribution in [2.24, 2.45) is 5.92 Å². The Bertz CT molecular complexity index is 126. The summed E-state index contributed by atoms with van der Waals surface area (Å²) in [5, 5.41) is 6.89. The van der Waals surface area contributed by atoms with Gasteiger partial charge in [-0.1, -0.05) is 13.8 Å². The molecule has 0 spiro atoms. The zero-order valence-electron chi connectivity index (χ0n) is 8.07. The Morgan fingerprint density at radius 2 is 1.91 bits per heavy atom. The number of rotatable bonds is 3. The molecular weight excluding hydrogens is 136 g/mol. The van der Waals surface area contributed by atoms with E-state index in [0.717, 1.165) is 13.1 Å². The van der Waals surface area contributed by atoms with Crippen molar-refractivity contribution in [2.75, 3.05) is 13.1 Å². The van der Waals surface area contributed by atoms with Gasteiger partial charge in [0.2, 0.25) is 0 Å². The third kappa shape index (κ3) is 2.17. The van der Waals surface area contributed by atoms with Crippen molar-refractivity contribution in [3.63, 3.8) is 0 Å². The van der Waals surface area contributed by atoms with Gasteiger partial charge in [0.1, 0.15) is 0 Å². The number of nitrogens with one attached hydrogen (secondary N) is 2. The van der Waals surface area contributed by atoms with Gasteiger partial charge in [-0.3, -0.25) is 0 Å². The average molecular weight is 156 g/mol. The van der Waals surface area contributed by atoms with Crippen molar-refractivity contribution in [1.29, 1.82) is 0 Å². The first-order valence-corrected chi connectivity index (χ1v) is 4.51. The number of hydrogen-bond acceptors (Lipinski definition) is 2. The molecular formula is C9H20N2. The molecule has 1 heterocycles. The van der Waals surface area contributed by atoms with Crippen LogP contribution in [0.2, 0.25) is 0 Å². The second-order valence-electron chi connectivity index (χ2n) is 4.38. The first kappa shape index (κ1) is 9.01. The Morgan fingerprint density at radius 3 is 2.18 bits per heavy atom. The van der Waals surface area contributed by atoms with Crippen LogP contribution in [0, 0.1) is 5.92 Å². The van der Waals surface area contributed by atoms with E-state index in [1.807, 2.05) is 0 Å². The van der Waals surface area contributed by atoms with Crippen molar-refractivity contribution in [1.82, 2.24) is 10.6 Å². The summed E-state index contributed by atoms with van der Waals surface area (Å²) in [6.45, 7) is 11.3. The Morgan fingerprint density at radius 1 is 1.36 bits per heavy atom. The minimum absolute atomic E-state index is 0.284. The molecule has 66 valence electrons. The molecule has 0 bridgehead atoms. The number of hydrogen-bond donors (Lipinski definition) is 2. The molecule has 11 heavy (non-hydrogen) atoms. The second-order valence-corrected chi connectivity index (χ2v) is 4.38. The molecule has 0 atom stereocenters. The summed E-state index contributed by atoms with van der Waals surface area (Å²) in [7, 11) is 0. The minimum atomic E-state index is 0.284. The van der Waals surface area contributed by atoms with Gasteiger partial charge in [-0.05, 0) is 19.8 Å². The fourth-order valence-electron chi connectivity index (χ4n) is 1.08. The van der Waals surface area contributed by atoms with Crippen LogP contribution in [0.5, 0.6) is 0 Å². The van der Waals surface area contributed by atoms with E-state index >= 15 is 0 Å². The van der Waals surface area contributed by atoms with Gasteiger partial charge in [0.05, 0.1) is 0 Å². The summed E-state index contributed by atoms with van der Waals surface area (Å²) >= 11 is 0. The SMILES string of the molecule is CC(C)C(C)(C)NC1CNC1. The van der Waals surface area contributed by atoms with Crippen LogP contribution in [0.1, 0.15) is 27.7 Å². The van der Waals surface area contributed by atoms with E-state index in [4.69, 9.17) is 0 Å². The molecule has 0 saturated carbocycles. The van der Waals surface area contributed by atoms with Crippen molar-refractivity contribution in [3.8, 4) is 0 Å². The molecule has 0 unspecified atom stereocenters. The van der Waals surface area contributed by atoms with E-state index in [0.29, 0.717) is 12.0 Å². The minimum Gasteiger partial charge on any atom is -0.314 e. The Kier molecular flexibility index (Phi) is 2.55. The van der Waals surface area contributed by atoms with Gasteiger partial charge >= 0.3 is 0 Å². The first-order chi connectivity index (χ1) is 5.02. The summed E-state index contributed by atoms with van der Waals surface area (Å²) in [6, 6.07) is 0.701. The van der Waals surface area contributed by atoms with Gasteiger partial charge in [-0.25, -0.2) is 0 Å². The average Bonchev–Trinajstić information content (AvgIpc) is 1.79. The van der Waals surface area contributed by atoms with E-state index in [1.165, 1.54) is 0 Å². The quantitative estimate of drug-likeness (QED) is 0.636. The monoisotopic (exact) mass is 156 g/mol. The van der Waals surface area contributed by atoms with Crippen molar-refractivity contribution >= 4 is 0 Å². The van der Waals surface area contributed by atoms with Gasteiger partial charge < -0.3 is 10.6 Å². The zero-order chi connectivity index (χ0) is 8.48. The highest BCUT2D eigenvalue weighted by Gasteiger charge is 2.27. The molecule has 0 aromatic carbocycles. The van der Waals surface area contributed by atoms with Crippen molar-refractivity contribution in [2.45, 2.75) is 39.3 Å². The molecule has 1 aliphatic heterocycles. The smallest absolute Gasteiger partial charge is 0.0322 e. The summed E-state index contributed by atoms with van der Waals surface area (Å²) < 4.78 is 0. The van der Waals surface area contributed by atoms with Gasteiger partial charge in [0.15, 0.2) is 0 Å². The predicted octanol–water partition coefficient (Wildman–Crippen LogP) is 0.982. The lowest BCUT2D eigenvalue weighted by molar-refractivity contribution is 0.218. The van der Waals surface area contributed by atoms with Crippen molar-refractivity contribution in [3.05, 3.63) is 0 Å². The normalized spacial score (nSPS) is 20.5. The van der Waals surface area contributed by atoms with Crippen LogP contribution in [0.4, 0.5) is 0 Å². The topological polar surface area (TPSA) is 24.1 Å². The standard InChI is InChI=1S/C9H20N2/c1-7(2)9(3,4)11-8-5-10-6-8/h7-8,10-11H,5-6H2,1-4H3. The fourth-order valence-corrected chi connectivity index (χ4v) is 1.08. The van der Waals surface area contributed by atoms with E-state index in [-0.39, 0.29) is 5.54 Å². The summed E-state index contributed by atoms with van der Waals surface area (Å²) in [6.07, 6.45) is 0. The van der Waals surface area contributed by atoms with E-state index in [1.54, 1.807) is 0 Å². The molecule has 1 fully saturated rings. The van der Waals surface area contributed by atoms with Crippen LogP contribution in [0.15, 0.2) is 0 Å². The van der Waals surface area contributed by atoms with E-state index in [2.05, 4.69) is 38.3 Å². The molecule has 1 aliphatic rings. The van der Waals surface area contributed by atoms with Crippen LogP contribution in [0.25, 0.3) is 0 Å². The molecule has 2 nitrogen and oxygen atoms in total. The van der Waals surface area contributed by atoms with Crippen LogP contribution in [-0.4, -0.2) is 24.7 Å². The largest absolute Gasteiger partial charge is 0.314 e. The van der Waals surface area contributed by atoms with Crippen LogP contribution >= 0.6 is 0 Å². The molecule has 0 aliphatic carbocycles. The molecule has 0 amide bonds. The maximum absolute atomic E-state index is 3.63. The third-order valence-corrected chi connectivity index (χ3v) is 2.80. The highest BCUT2D eigenvalue weighted by Crippen LogP contribution is 2.16. The molecule has 1 rings (SSSR count). The summed E-state index contributed by atoms with van der Waals surface area (Å²) in [5.74, 6) is 0.697. The molecule has 0 aromatic heterocycles. The lowest BCUT2D eigenvalue weighted by Gasteiger charge is -2.39. The third-order valence-electron chi connectivity index (χ3n) is 2.80. The molecule has 1 saturated heterocycles. The molecule has 0 aromatic rings. The maximum atomic E-state index is 3.63. The Labute approximate surface area is 69.8 Å². The van der Waals surface area contributed by atoms with Crippen LogP contribution in [-0.2, 0) is 0 Å². The summed E-state index contributed by atoms with van der Waals surface area (Å²) in [4.78, 5) is 0. The van der Waals surface area contributed by atoms with Gasteiger partial charge in [0.25, 0.3) is 0 Å². The fraction of sp³-hybridized carbons (Fsp3) is 1.00. The Hall–Kier alpha value is -0.0800. The molecule has 2 N–H and O–H groups in total. The summed E-state index contributed by atoms with van der Waals surface area (Å²) in [5.41, 5.74) is 0.284. The Balaban J connectivity index is 2.32. The highest BCUT2D eigenvalue weighted by molar-refractivity contribution is 4.90. The van der Waals surface area contributed by atoms with Gasteiger partial charge in [0, 0.05) is 24.7 Å².